The molecule has 4 heteroatoms. The highest BCUT2D eigenvalue weighted by molar-refractivity contribution is 6.09. The van der Waals surface area contributed by atoms with E-state index in [1.807, 2.05) is 31.2 Å². The Hall–Kier alpha value is -2.88. The van der Waals surface area contributed by atoms with Crippen LogP contribution in [0.5, 0.6) is 0 Å². The Kier molecular flexibility index (Phi) is 4.73. The number of rotatable bonds is 4. The van der Waals surface area contributed by atoms with E-state index in [0.717, 1.165) is 11.1 Å². The molecule has 0 saturated carbocycles. The Bertz CT molecular complexity index is 748. The van der Waals surface area contributed by atoms with Gasteiger partial charge in [-0.2, -0.15) is 0 Å². The molecule has 2 N–H and O–H groups in total. The zero-order chi connectivity index (χ0) is 16.1. The van der Waals surface area contributed by atoms with Gasteiger partial charge < -0.3 is 10.4 Å². The topological polar surface area (TPSA) is 66.4 Å². The number of carboxylic acid groups (broad SMARTS) is 1. The van der Waals surface area contributed by atoms with E-state index in [2.05, 4.69) is 5.32 Å². The number of aromatic carboxylic acids is 1. The maximum atomic E-state index is 12.2. The van der Waals surface area contributed by atoms with Crippen LogP contribution in [0.2, 0.25) is 0 Å². The van der Waals surface area contributed by atoms with Crippen LogP contribution in [-0.2, 0) is 4.79 Å². The SMILES string of the molecule is CC(=Cc1ccccc1C)C(=O)Nc1ccccc1C(=O)O. The first-order valence-corrected chi connectivity index (χ1v) is 6.86. The lowest BCUT2D eigenvalue weighted by Crippen LogP contribution is -2.15. The van der Waals surface area contributed by atoms with Crippen molar-refractivity contribution in [2.45, 2.75) is 13.8 Å². The maximum Gasteiger partial charge on any atom is 0.337 e. The molecular weight excluding hydrogens is 278 g/mol. The largest absolute Gasteiger partial charge is 0.478 e. The fraction of sp³-hybridized carbons (Fsp3) is 0.111. The number of carboxylic acids is 1. The van der Waals surface area contributed by atoms with E-state index in [-0.39, 0.29) is 17.2 Å². The smallest absolute Gasteiger partial charge is 0.337 e. The summed E-state index contributed by atoms with van der Waals surface area (Å²) in [6.07, 6.45) is 1.79. The second-order valence-electron chi connectivity index (χ2n) is 4.99. The van der Waals surface area contributed by atoms with Crippen LogP contribution in [-0.4, -0.2) is 17.0 Å². The lowest BCUT2D eigenvalue weighted by Gasteiger charge is -2.09. The molecule has 0 radical (unpaired) electrons. The Balaban J connectivity index is 2.23. The highest BCUT2D eigenvalue weighted by atomic mass is 16.4. The number of aryl methyl sites for hydroxylation is 1. The number of benzene rings is 2. The average Bonchev–Trinajstić information content (AvgIpc) is 2.49. The molecule has 22 heavy (non-hydrogen) atoms. The Morgan fingerprint density at radius 3 is 2.36 bits per heavy atom. The fourth-order valence-electron chi connectivity index (χ4n) is 2.05. The van der Waals surface area contributed by atoms with Gasteiger partial charge in [0.2, 0.25) is 0 Å². The fourth-order valence-corrected chi connectivity index (χ4v) is 2.05. The highest BCUT2D eigenvalue weighted by Crippen LogP contribution is 2.17. The van der Waals surface area contributed by atoms with Crippen molar-refractivity contribution in [3.05, 3.63) is 70.8 Å². The van der Waals surface area contributed by atoms with E-state index in [1.165, 1.54) is 6.07 Å². The molecule has 0 aromatic heterocycles. The Morgan fingerprint density at radius 2 is 1.68 bits per heavy atom. The molecule has 0 aliphatic rings. The Morgan fingerprint density at radius 1 is 1.05 bits per heavy atom. The van der Waals surface area contributed by atoms with Gasteiger partial charge in [0.05, 0.1) is 11.3 Å². The standard InChI is InChI=1S/C18H17NO3/c1-12-7-3-4-8-14(12)11-13(2)17(20)19-16-10-6-5-9-15(16)18(21)22/h3-11H,1-2H3,(H,19,20)(H,21,22). The van der Waals surface area contributed by atoms with Crippen molar-refractivity contribution >= 4 is 23.6 Å². The van der Waals surface area contributed by atoms with Gasteiger partial charge in [-0.3, -0.25) is 4.79 Å². The van der Waals surface area contributed by atoms with Crippen LogP contribution in [0, 0.1) is 6.92 Å². The third-order valence-electron chi connectivity index (χ3n) is 3.32. The van der Waals surface area contributed by atoms with Gasteiger partial charge >= 0.3 is 5.97 Å². The van der Waals surface area contributed by atoms with Crippen molar-refractivity contribution in [2.75, 3.05) is 5.32 Å². The zero-order valence-electron chi connectivity index (χ0n) is 12.5. The third-order valence-corrected chi connectivity index (χ3v) is 3.32. The molecule has 0 bridgehead atoms. The van der Waals surface area contributed by atoms with Gasteiger partial charge in [0.1, 0.15) is 0 Å². The van der Waals surface area contributed by atoms with Gasteiger partial charge in [-0.25, -0.2) is 4.79 Å². The minimum atomic E-state index is -1.07. The molecule has 0 unspecified atom stereocenters. The summed E-state index contributed by atoms with van der Waals surface area (Å²) in [6, 6.07) is 14.1. The summed E-state index contributed by atoms with van der Waals surface area (Å²) in [4.78, 5) is 23.4. The van der Waals surface area contributed by atoms with E-state index < -0.39 is 5.97 Å². The van der Waals surface area contributed by atoms with Gasteiger partial charge in [-0.1, -0.05) is 36.4 Å². The monoisotopic (exact) mass is 295 g/mol. The summed E-state index contributed by atoms with van der Waals surface area (Å²) in [7, 11) is 0. The number of para-hydroxylation sites is 1. The van der Waals surface area contributed by atoms with E-state index in [0.29, 0.717) is 5.57 Å². The average molecular weight is 295 g/mol. The lowest BCUT2D eigenvalue weighted by atomic mass is 10.1. The molecule has 0 atom stereocenters. The molecular formula is C18H17NO3. The summed E-state index contributed by atoms with van der Waals surface area (Å²) < 4.78 is 0. The summed E-state index contributed by atoms with van der Waals surface area (Å²) in [5, 5.41) is 11.8. The molecule has 0 fully saturated rings. The first-order chi connectivity index (χ1) is 10.5. The first-order valence-electron chi connectivity index (χ1n) is 6.86. The minimum Gasteiger partial charge on any atom is -0.478 e. The molecule has 0 spiro atoms. The highest BCUT2D eigenvalue weighted by Gasteiger charge is 2.12. The predicted octanol–water partition coefficient (Wildman–Crippen LogP) is 3.74. The number of carbonyl (C=O) groups excluding carboxylic acids is 1. The number of hydrogen-bond acceptors (Lipinski definition) is 2. The lowest BCUT2D eigenvalue weighted by molar-refractivity contribution is -0.112. The minimum absolute atomic E-state index is 0.0690. The maximum absolute atomic E-state index is 12.2. The van der Waals surface area contributed by atoms with Crippen molar-refractivity contribution in [3.63, 3.8) is 0 Å². The first kappa shape index (κ1) is 15.5. The van der Waals surface area contributed by atoms with Crippen LogP contribution >= 0.6 is 0 Å². The van der Waals surface area contributed by atoms with Gasteiger partial charge in [-0.15, -0.1) is 0 Å². The number of amides is 1. The van der Waals surface area contributed by atoms with E-state index in [9.17, 15) is 9.59 Å². The molecule has 112 valence electrons. The van der Waals surface area contributed by atoms with Crippen LogP contribution in [0.25, 0.3) is 6.08 Å². The molecule has 0 aliphatic heterocycles. The van der Waals surface area contributed by atoms with E-state index >= 15 is 0 Å². The molecule has 4 nitrogen and oxygen atoms in total. The van der Waals surface area contributed by atoms with Crippen LogP contribution in [0.4, 0.5) is 5.69 Å². The molecule has 0 saturated heterocycles. The summed E-state index contributed by atoms with van der Waals surface area (Å²) in [6.45, 7) is 3.67. The second-order valence-corrected chi connectivity index (χ2v) is 4.99. The van der Waals surface area contributed by atoms with Crippen LogP contribution in [0.15, 0.2) is 54.1 Å². The number of hydrogen-bond donors (Lipinski definition) is 2. The molecule has 2 rings (SSSR count). The number of carbonyl (C=O) groups is 2. The van der Waals surface area contributed by atoms with Gasteiger partial charge in [0.25, 0.3) is 5.91 Å². The van der Waals surface area contributed by atoms with Crippen molar-refractivity contribution < 1.29 is 14.7 Å². The second kappa shape index (κ2) is 6.72. The van der Waals surface area contributed by atoms with Gasteiger partial charge in [0.15, 0.2) is 0 Å². The number of anilines is 1. The molecule has 0 aliphatic carbocycles. The van der Waals surface area contributed by atoms with Gasteiger partial charge in [-0.05, 0) is 43.2 Å². The zero-order valence-corrected chi connectivity index (χ0v) is 12.5. The normalized spacial score (nSPS) is 11.1. The predicted molar refractivity (Wildman–Crippen MR) is 86.9 cm³/mol. The third kappa shape index (κ3) is 3.61. The summed E-state index contributed by atoms with van der Waals surface area (Å²) in [5.74, 6) is -1.40. The quantitative estimate of drug-likeness (QED) is 0.844. The number of nitrogens with one attached hydrogen (secondary N) is 1. The molecule has 1 amide bonds. The van der Waals surface area contributed by atoms with Crippen LogP contribution in [0.3, 0.4) is 0 Å². The molecule has 2 aromatic rings. The van der Waals surface area contributed by atoms with Crippen molar-refractivity contribution in [1.82, 2.24) is 0 Å². The molecule has 2 aromatic carbocycles. The van der Waals surface area contributed by atoms with Crippen molar-refractivity contribution in [1.29, 1.82) is 0 Å². The Labute approximate surface area is 129 Å². The summed E-state index contributed by atoms with van der Waals surface area (Å²) >= 11 is 0. The van der Waals surface area contributed by atoms with Crippen molar-refractivity contribution in [3.8, 4) is 0 Å². The van der Waals surface area contributed by atoms with Crippen molar-refractivity contribution in [2.24, 2.45) is 0 Å². The van der Waals surface area contributed by atoms with Crippen LogP contribution in [0.1, 0.15) is 28.4 Å². The van der Waals surface area contributed by atoms with E-state index in [4.69, 9.17) is 5.11 Å². The molecule has 0 heterocycles. The van der Waals surface area contributed by atoms with E-state index in [1.54, 1.807) is 31.2 Å². The summed E-state index contributed by atoms with van der Waals surface area (Å²) in [5.41, 5.74) is 2.90. The van der Waals surface area contributed by atoms with Crippen LogP contribution < -0.4 is 5.32 Å². The van der Waals surface area contributed by atoms with Gasteiger partial charge in [0, 0.05) is 5.57 Å².